The predicted octanol–water partition coefficient (Wildman–Crippen LogP) is 1.44. The van der Waals surface area contributed by atoms with Crippen LogP contribution in [0.25, 0.3) is 6.08 Å². The van der Waals surface area contributed by atoms with Gasteiger partial charge in [-0.1, -0.05) is 36.4 Å². The standard InChI is InChI=1S/C11H15NSi/c1-5-10-6-7-11(9(2)8-10)13-12(3)4/h5-8H,1H2,2-4H3. The number of hydrogen-bond acceptors (Lipinski definition) is 1. The molecule has 0 bridgehead atoms. The topological polar surface area (TPSA) is 3.24 Å². The molecule has 0 fully saturated rings. The van der Waals surface area contributed by atoms with Crippen LogP contribution in [-0.2, 0) is 0 Å². The average molecular weight is 189 g/mol. The zero-order valence-corrected chi connectivity index (χ0v) is 9.46. The maximum Gasteiger partial charge on any atom is 0.182 e. The lowest BCUT2D eigenvalue weighted by atomic mass is 10.1. The van der Waals surface area contributed by atoms with Crippen molar-refractivity contribution in [2.24, 2.45) is 0 Å². The minimum atomic E-state index is 0.757. The quantitative estimate of drug-likeness (QED) is 0.650. The molecule has 0 aromatic heterocycles. The van der Waals surface area contributed by atoms with E-state index in [1.165, 1.54) is 16.3 Å². The van der Waals surface area contributed by atoms with Crippen LogP contribution in [0.2, 0.25) is 0 Å². The average Bonchev–Trinajstić information content (AvgIpc) is 2.08. The molecule has 68 valence electrons. The highest BCUT2D eigenvalue weighted by molar-refractivity contribution is 6.51. The Kier molecular flexibility index (Phi) is 3.45. The lowest BCUT2D eigenvalue weighted by molar-refractivity contribution is 0.669. The Bertz CT molecular complexity index is 305. The first-order valence-electron chi connectivity index (χ1n) is 4.30. The summed E-state index contributed by atoms with van der Waals surface area (Å²) in [4.78, 5) is 0. The molecular weight excluding hydrogens is 174 g/mol. The molecule has 0 aliphatic rings. The van der Waals surface area contributed by atoms with Crippen LogP contribution in [0.1, 0.15) is 11.1 Å². The second-order valence-corrected chi connectivity index (χ2v) is 4.94. The van der Waals surface area contributed by atoms with E-state index < -0.39 is 0 Å². The molecular formula is C11H15NSi. The Morgan fingerprint density at radius 3 is 2.54 bits per heavy atom. The highest BCUT2D eigenvalue weighted by Crippen LogP contribution is 2.02. The third kappa shape index (κ3) is 2.83. The predicted molar refractivity (Wildman–Crippen MR) is 60.3 cm³/mol. The van der Waals surface area contributed by atoms with E-state index >= 15 is 0 Å². The molecule has 0 aliphatic heterocycles. The van der Waals surface area contributed by atoms with Crippen molar-refractivity contribution in [2.45, 2.75) is 6.92 Å². The van der Waals surface area contributed by atoms with Crippen molar-refractivity contribution in [3.8, 4) is 0 Å². The SMILES string of the molecule is C=Cc1ccc([Si]N(C)C)c(C)c1. The zero-order valence-electron chi connectivity index (χ0n) is 8.46. The lowest BCUT2D eigenvalue weighted by Crippen LogP contribution is -2.31. The number of nitrogens with zero attached hydrogens (tertiary/aromatic N) is 1. The third-order valence-electron chi connectivity index (χ3n) is 1.83. The van der Waals surface area contributed by atoms with Crippen LogP contribution < -0.4 is 5.19 Å². The summed E-state index contributed by atoms with van der Waals surface area (Å²) in [6, 6.07) is 6.48. The van der Waals surface area contributed by atoms with Crippen LogP contribution in [-0.4, -0.2) is 28.3 Å². The summed E-state index contributed by atoms with van der Waals surface area (Å²) in [5, 5.41) is 1.41. The molecule has 2 heteroatoms. The maximum atomic E-state index is 3.75. The molecule has 0 unspecified atom stereocenters. The summed E-state index contributed by atoms with van der Waals surface area (Å²) in [7, 11) is 4.95. The molecule has 1 aromatic rings. The first kappa shape index (κ1) is 10.2. The lowest BCUT2D eigenvalue weighted by Gasteiger charge is -2.10. The highest BCUT2D eigenvalue weighted by Gasteiger charge is 2.01. The smallest absolute Gasteiger partial charge is 0.182 e. The number of benzene rings is 1. The van der Waals surface area contributed by atoms with Crippen molar-refractivity contribution in [3.63, 3.8) is 0 Å². The normalized spacial score (nSPS) is 10.5. The number of hydrogen-bond donors (Lipinski definition) is 0. The van der Waals surface area contributed by atoms with Gasteiger partial charge in [-0.2, -0.15) is 0 Å². The Hall–Kier alpha value is -0.863. The van der Waals surface area contributed by atoms with Gasteiger partial charge in [-0.05, 0) is 31.8 Å². The van der Waals surface area contributed by atoms with Gasteiger partial charge in [0.05, 0.1) is 0 Å². The zero-order chi connectivity index (χ0) is 9.84. The highest BCUT2D eigenvalue weighted by atomic mass is 28.2. The minimum Gasteiger partial charge on any atom is -0.327 e. The van der Waals surface area contributed by atoms with E-state index in [9.17, 15) is 0 Å². The molecule has 1 aromatic carbocycles. The molecule has 0 atom stereocenters. The summed E-state index contributed by atoms with van der Waals surface area (Å²) in [6.45, 7) is 5.91. The molecule has 1 nitrogen and oxygen atoms in total. The second kappa shape index (κ2) is 4.39. The molecule has 2 radical (unpaired) electrons. The van der Waals surface area contributed by atoms with Gasteiger partial charge in [0.2, 0.25) is 0 Å². The van der Waals surface area contributed by atoms with Gasteiger partial charge in [-0.15, -0.1) is 0 Å². The van der Waals surface area contributed by atoms with Gasteiger partial charge in [0.15, 0.2) is 9.68 Å². The Morgan fingerprint density at radius 1 is 1.38 bits per heavy atom. The monoisotopic (exact) mass is 189 g/mol. The van der Waals surface area contributed by atoms with Gasteiger partial charge in [0.1, 0.15) is 0 Å². The Labute approximate surface area is 83.0 Å². The fraction of sp³-hybridized carbons (Fsp3) is 0.273. The molecule has 0 amide bonds. The van der Waals surface area contributed by atoms with Crippen molar-refractivity contribution in [1.29, 1.82) is 0 Å². The second-order valence-electron chi connectivity index (χ2n) is 3.28. The summed E-state index contributed by atoms with van der Waals surface area (Å²) >= 11 is 0. The van der Waals surface area contributed by atoms with Crippen LogP contribution in [0.15, 0.2) is 24.8 Å². The summed E-state index contributed by atoms with van der Waals surface area (Å²) < 4.78 is 2.20. The number of aryl methyl sites for hydroxylation is 1. The third-order valence-corrected chi connectivity index (χ3v) is 3.08. The largest absolute Gasteiger partial charge is 0.327 e. The first-order chi connectivity index (χ1) is 6.13. The molecule has 0 saturated carbocycles. The van der Waals surface area contributed by atoms with Gasteiger partial charge >= 0.3 is 0 Å². The summed E-state index contributed by atoms with van der Waals surface area (Å²) in [5.74, 6) is 0. The van der Waals surface area contributed by atoms with Crippen molar-refractivity contribution >= 4 is 20.9 Å². The molecule has 1 rings (SSSR count). The van der Waals surface area contributed by atoms with Crippen molar-refractivity contribution in [2.75, 3.05) is 14.1 Å². The van der Waals surface area contributed by atoms with Gasteiger partial charge < -0.3 is 4.57 Å². The van der Waals surface area contributed by atoms with Crippen LogP contribution in [0.5, 0.6) is 0 Å². The van der Waals surface area contributed by atoms with Crippen LogP contribution in [0, 0.1) is 6.92 Å². The first-order valence-corrected chi connectivity index (χ1v) is 5.25. The van der Waals surface area contributed by atoms with Crippen LogP contribution in [0.4, 0.5) is 0 Å². The molecule has 0 heterocycles. The minimum absolute atomic E-state index is 0.757. The van der Waals surface area contributed by atoms with Gasteiger partial charge in [-0.25, -0.2) is 0 Å². The summed E-state index contributed by atoms with van der Waals surface area (Å²) in [6.07, 6.45) is 1.88. The fourth-order valence-corrected chi connectivity index (χ4v) is 2.07. The summed E-state index contributed by atoms with van der Waals surface area (Å²) in [5.41, 5.74) is 2.55. The fourth-order valence-electron chi connectivity index (χ4n) is 1.18. The van der Waals surface area contributed by atoms with Gasteiger partial charge in [0, 0.05) is 0 Å². The van der Waals surface area contributed by atoms with E-state index in [1.54, 1.807) is 0 Å². The van der Waals surface area contributed by atoms with Gasteiger partial charge in [-0.3, -0.25) is 0 Å². The number of rotatable bonds is 3. The molecule has 0 N–H and O–H groups in total. The Balaban J connectivity index is 2.91. The van der Waals surface area contributed by atoms with E-state index in [2.05, 4.69) is 50.4 Å². The maximum absolute atomic E-state index is 3.75. The molecule has 0 spiro atoms. The van der Waals surface area contributed by atoms with E-state index in [4.69, 9.17) is 0 Å². The molecule has 13 heavy (non-hydrogen) atoms. The van der Waals surface area contributed by atoms with Crippen molar-refractivity contribution < 1.29 is 0 Å². The molecule has 0 aliphatic carbocycles. The van der Waals surface area contributed by atoms with E-state index in [0.717, 1.165) is 9.68 Å². The van der Waals surface area contributed by atoms with Gasteiger partial charge in [0.25, 0.3) is 0 Å². The van der Waals surface area contributed by atoms with Crippen molar-refractivity contribution in [1.82, 2.24) is 4.57 Å². The van der Waals surface area contributed by atoms with E-state index in [0.29, 0.717) is 0 Å². The Morgan fingerprint density at radius 2 is 2.08 bits per heavy atom. The molecule has 0 saturated heterocycles. The van der Waals surface area contributed by atoms with Crippen LogP contribution >= 0.6 is 0 Å². The van der Waals surface area contributed by atoms with E-state index in [1.807, 2.05) is 6.08 Å². The van der Waals surface area contributed by atoms with E-state index in [-0.39, 0.29) is 0 Å². The van der Waals surface area contributed by atoms with Crippen LogP contribution in [0.3, 0.4) is 0 Å². The van der Waals surface area contributed by atoms with Crippen molar-refractivity contribution in [3.05, 3.63) is 35.9 Å².